The lowest BCUT2D eigenvalue weighted by molar-refractivity contribution is -0.127. The molecule has 8 nitrogen and oxygen atoms in total. The molecule has 1 aliphatic carbocycles. The minimum atomic E-state index is -0.908. The SMILES string of the molecule is C=CC(=O)N1CCC(CC)(c2nc(OC[C@@]34CCCN3C[C@H](F)C4)nc3c(F)c(-c4cc(O)cc(Cl)c4C4CC4)ncc23)CC1. The van der Waals surface area contributed by atoms with Crippen molar-refractivity contribution in [2.24, 2.45) is 0 Å². The molecule has 11 heteroatoms. The van der Waals surface area contributed by atoms with Gasteiger partial charge in [-0.05, 0) is 81.2 Å². The highest BCUT2D eigenvalue weighted by Gasteiger charge is 2.49. The van der Waals surface area contributed by atoms with Crippen LogP contribution in [0.4, 0.5) is 8.78 Å². The Morgan fingerprint density at radius 1 is 1.22 bits per heavy atom. The first-order valence-corrected chi connectivity index (χ1v) is 16.4. The van der Waals surface area contributed by atoms with Crippen LogP contribution in [-0.4, -0.2) is 80.3 Å². The Morgan fingerprint density at radius 3 is 2.71 bits per heavy atom. The first-order valence-electron chi connectivity index (χ1n) is 16.0. The number of ether oxygens (including phenoxy) is 1. The van der Waals surface area contributed by atoms with E-state index in [0.717, 1.165) is 37.8 Å². The van der Waals surface area contributed by atoms with E-state index in [9.17, 15) is 14.3 Å². The summed E-state index contributed by atoms with van der Waals surface area (Å²) in [6.45, 7) is 8.16. The number of amides is 1. The lowest BCUT2D eigenvalue weighted by Gasteiger charge is -2.41. The maximum Gasteiger partial charge on any atom is 0.317 e. The van der Waals surface area contributed by atoms with Crippen molar-refractivity contribution < 1.29 is 23.4 Å². The average molecular weight is 638 g/mol. The second-order valence-electron chi connectivity index (χ2n) is 13.2. The zero-order valence-corrected chi connectivity index (χ0v) is 26.3. The summed E-state index contributed by atoms with van der Waals surface area (Å²) in [7, 11) is 0. The van der Waals surface area contributed by atoms with Crippen LogP contribution in [0.1, 0.15) is 75.5 Å². The molecule has 1 N–H and O–H groups in total. The number of alkyl halides is 1. The monoisotopic (exact) mass is 637 g/mol. The number of benzene rings is 1. The number of aromatic hydroxyl groups is 1. The molecule has 4 aliphatic rings. The number of nitrogens with zero attached hydrogens (tertiary/aromatic N) is 5. The van der Waals surface area contributed by atoms with Gasteiger partial charge in [-0.15, -0.1) is 0 Å². The second-order valence-corrected chi connectivity index (χ2v) is 13.6. The number of carbonyl (C=O) groups excluding carboxylic acids is 1. The fourth-order valence-electron chi connectivity index (χ4n) is 7.97. The molecule has 3 aromatic rings. The molecule has 238 valence electrons. The van der Waals surface area contributed by atoms with Crippen molar-refractivity contribution in [3.63, 3.8) is 0 Å². The maximum atomic E-state index is 16.8. The van der Waals surface area contributed by atoms with Crippen LogP contribution in [0.25, 0.3) is 22.2 Å². The highest BCUT2D eigenvalue weighted by atomic mass is 35.5. The summed E-state index contributed by atoms with van der Waals surface area (Å²) in [5.74, 6) is -0.647. The molecule has 4 fully saturated rings. The number of carbonyl (C=O) groups is 1. The molecule has 3 saturated heterocycles. The number of rotatable bonds is 8. The van der Waals surface area contributed by atoms with Crippen LogP contribution in [0.3, 0.4) is 0 Å². The van der Waals surface area contributed by atoms with E-state index in [1.165, 1.54) is 18.2 Å². The number of halogens is 3. The van der Waals surface area contributed by atoms with Crippen molar-refractivity contribution >= 4 is 28.4 Å². The summed E-state index contributed by atoms with van der Waals surface area (Å²) in [6, 6.07) is 3.04. The second kappa shape index (κ2) is 11.5. The minimum absolute atomic E-state index is 0.0471. The summed E-state index contributed by atoms with van der Waals surface area (Å²) in [6.07, 6.45) is 8.02. The lowest BCUT2D eigenvalue weighted by atomic mass is 9.72. The molecule has 7 rings (SSSR count). The molecule has 0 bridgehead atoms. The van der Waals surface area contributed by atoms with Gasteiger partial charge in [-0.3, -0.25) is 14.7 Å². The van der Waals surface area contributed by atoms with Crippen LogP contribution in [-0.2, 0) is 10.2 Å². The van der Waals surface area contributed by atoms with E-state index in [1.54, 1.807) is 11.1 Å². The number of piperidine rings is 1. The zero-order valence-electron chi connectivity index (χ0n) is 25.5. The molecular weight excluding hydrogens is 600 g/mol. The highest BCUT2D eigenvalue weighted by molar-refractivity contribution is 6.32. The molecule has 2 aromatic heterocycles. The average Bonchev–Trinajstić information content (AvgIpc) is 3.72. The van der Waals surface area contributed by atoms with E-state index in [4.69, 9.17) is 21.3 Å². The van der Waals surface area contributed by atoms with Gasteiger partial charge < -0.3 is 14.7 Å². The van der Waals surface area contributed by atoms with Gasteiger partial charge in [0.2, 0.25) is 5.91 Å². The van der Waals surface area contributed by atoms with Crippen molar-refractivity contribution in [1.29, 1.82) is 0 Å². The number of phenolic OH excluding ortho intramolecular Hbond substituents is 1. The number of likely N-dealkylation sites (tertiary alicyclic amines) is 1. The van der Waals surface area contributed by atoms with Crippen LogP contribution < -0.4 is 4.74 Å². The number of hydrogen-bond donors (Lipinski definition) is 1. The molecular formula is C34H38ClF2N5O3. The van der Waals surface area contributed by atoms with Crippen LogP contribution in [0, 0.1) is 5.82 Å². The van der Waals surface area contributed by atoms with E-state index in [2.05, 4.69) is 28.4 Å². The number of aromatic nitrogens is 3. The van der Waals surface area contributed by atoms with Gasteiger partial charge in [0.1, 0.15) is 29.7 Å². The molecule has 0 spiro atoms. The summed E-state index contributed by atoms with van der Waals surface area (Å²) in [4.78, 5) is 30.5. The fraction of sp³-hybridized carbons (Fsp3) is 0.529. The molecule has 3 aliphatic heterocycles. The maximum absolute atomic E-state index is 16.8. The number of pyridine rings is 1. The Balaban J connectivity index is 1.34. The molecule has 1 aromatic carbocycles. The van der Waals surface area contributed by atoms with Gasteiger partial charge in [-0.2, -0.15) is 9.97 Å². The van der Waals surface area contributed by atoms with E-state index in [1.807, 2.05) is 0 Å². The Bertz CT molecular complexity index is 1680. The summed E-state index contributed by atoms with van der Waals surface area (Å²) in [5, 5.41) is 11.3. The van der Waals surface area contributed by atoms with Gasteiger partial charge in [-0.25, -0.2) is 8.78 Å². The third-order valence-corrected chi connectivity index (χ3v) is 10.9. The Hall–Kier alpha value is -3.37. The van der Waals surface area contributed by atoms with Gasteiger partial charge in [0, 0.05) is 53.6 Å². The van der Waals surface area contributed by atoms with Crippen LogP contribution in [0.15, 0.2) is 31.0 Å². The van der Waals surface area contributed by atoms with Gasteiger partial charge in [0.15, 0.2) is 5.82 Å². The molecule has 2 atom stereocenters. The third kappa shape index (κ3) is 5.23. The van der Waals surface area contributed by atoms with Crippen molar-refractivity contribution in [2.75, 3.05) is 32.8 Å². The van der Waals surface area contributed by atoms with Crippen LogP contribution >= 0.6 is 11.6 Å². The molecule has 45 heavy (non-hydrogen) atoms. The van der Waals surface area contributed by atoms with E-state index in [-0.39, 0.29) is 41.4 Å². The topological polar surface area (TPSA) is 91.7 Å². The van der Waals surface area contributed by atoms with Crippen molar-refractivity contribution in [1.82, 2.24) is 24.8 Å². The smallest absolute Gasteiger partial charge is 0.317 e. The lowest BCUT2D eigenvalue weighted by Crippen LogP contribution is -2.45. The van der Waals surface area contributed by atoms with E-state index >= 15 is 4.39 Å². The van der Waals surface area contributed by atoms with E-state index < -0.39 is 22.9 Å². The van der Waals surface area contributed by atoms with Crippen LogP contribution in [0.5, 0.6) is 11.8 Å². The number of phenols is 1. The van der Waals surface area contributed by atoms with E-state index in [0.29, 0.717) is 67.0 Å². The third-order valence-electron chi connectivity index (χ3n) is 10.6. The normalized spacial score (nSPS) is 24.6. The molecule has 1 saturated carbocycles. The summed E-state index contributed by atoms with van der Waals surface area (Å²) < 4.78 is 37.6. The van der Waals surface area contributed by atoms with Crippen molar-refractivity contribution in [3.8, 4) is 23.0 Å². The zero-order chi connectivity index (χ0) is 31.5. The quantitative estimate of drug-likeness (QED) is 0.283. The molecule has 5 heterocycles. The fourth-order valence-corrected chi connectivity index (χ4v) is 8.34. The van der Waals surface area contributed by atoms with Gasteiger partial charge in [-0.1, -0.05) is 25.1 Å². The first kappa shape index (κ1) is 30.3. The van der Waals surface area contributed by atoms with Gasteiger partial charge in [0.25, 0.3) is 0 Å². The standard InChI is InChI=1S/C34H38ClF2N5O3/c1-3-26(44)41-12-9-33(4-2,10-13-41)31-24-17-38-29(23-14-22(43)15-25(35)27(23)20-6-7-20)28(37)30(24)39-32(40-31)45-19-34-8-5-11-42(34)18-21(36)16-34/h3,14-15,17,20-21,43H,1,4-13,16,18-19H2,2H3/t21-,34+/m1/s1. The Morgan fingerprint density at radius 2 is 2.00 bits per heavy atom. The van der Waals surface area contributed by atoms with Crippen molar-refractivity contribution in [3.05, 3.63) is 53.1 Å². The van der Waals surface area contributed by atoms with Gasteiger partial charge >= 0.3 is 6.01 Å². The minimum Gasteiger partial charge on any atom is -0.508 e. The van der Waals surface area contributed by atoms with Crippen LogP contribution in [0.2, 0.25) is 5.02 Å². The van der Waals surface area contributed by atoms with Crippen molar-refractivity contribution in [2.45, 2.75) is 81.3 Å². The van der Waals surface area contributed by atoms with Gasteiger partial charge in [0.05, 0.1) is 11.2 Å². The summed E-state index contributed by atoms with van der Waals surface area (Å²) >= 11 is 6.56. The predicted octanol–water partition coefficient (Wildman–Crippen LogP) is 6.48. The summed E-state index contributed by atoms with van der Waals surface area (Å²) in [5.41, 5.74) is 1.11. The molecule has 1 amide bonds. The predicted molar refractivity (Wildman–Crippen MR) is 168 cm³/mol. The highest BCUT2D eigenvalue weighted by Crippen LogP contribution is 2.50. The molecule has 0 unspecified atom stereocenters. The number of hydrogen-bond acceptors (Lipinski definition) is 7. The Labute approximate surface area is 266 Å². The largest absolute Gasteiger partial charge is 0.508 e. The number of fused-ring (bicyclic) bond motifs is 2. The first-order chi connectivity index (χ1) is 21.7. The Kier molecular flexibility index (Phi) is 7.71. The molecule has 0 radical (unpaired) electrons.